The van der Waals surface area contributed by atoms with Gasteiger partial charge in [-0.05, 0) is 37.6 Å². The van der Waals surface area contributed by atoms with Gasteiger partial charge < -0.3 is 14.7 Å². The second-order valence-electron chi connectivity index (χ2n) is 4.92. The quantitative estimate of drug-likeness (QED) is 0.849. The zero-order chi connectivity index (χ0) is 14.9. The van der Waals surface area contributed by atoms with Crippen molar-refractivity contribution in [2.45, 2.75) is 25.8 Å². The molecule has 0 radical (unpaired) electrons. The Hall–Kier alpha value is -2.11. The van der Waals surface area contributed by atoms with Crippen LogP contribution >= 0.6 is 0 Å². The van der Waals surface area contributed by atoms with E-state index in [4.69, 9.17) is 4.74 Å². The van der Waals surface area contributed by atoms with Crippen LogP contribution < -0.4 is 4.90 Å². The maximum absolute atomic E-state index is 13.3. The third-order valence-electron chi connectivity index (χ3n) is 3.52. The molecule has 1 aliphatic rings. The van der Waals surface area contributed by atoms with Crippen LogP contribution in [-0.2, 0) is 20.7 Å². The van der Waals surface area contributed by atoms with Gasteiger partial charge in [0.25, 0.3) is 0 Å². The predicted octanol–water partition coefficient (Wildman–Crippen LogP) is 1.59. The van der Waals surface area contributed by atoms with Crippen LogP contribution in [0.1, 0.15) is 19.4 Å². The highest BCUT2D eigenvalue weighted by Crippen LogP contribution is 2.39. The largest absolute Gasteiger partial charge is 0.479 e. The summed E-state index contributed by atoms with van der Waals surface area (Å²) in [5.74, 6) is -1.98. The lowest BCUT2D eigenvalue weighted by molar-refractivity contribution is -0.144. The first kappa shape index (κ1) is 14.3. The molecule has 2 rings (SSSR count). The van der Waals surface area contributed by atoms with E-state index in [1.807, 2.05) is 0 Å². The fourth-order valence-electron chi connectivity index (χ4n) is 2.48. The van der Waals surface area contributed by atoms with Crippen molar-refractivity contribution in [3.8, 4) is 0 Å². The van der Waals surface area contributed by atoms with E-state index in [0.717, 1.165) is 0 Å². The van der Waals surface area contributed by atoms with Crippen molar-refractivity contribution in [3.05, 3.63) is 29.6 Å². The van der Waals surface area contributed by atoms with Gasteiger partial charge in [0.2, 0.25) is 0 Å². The van der Waals surface area contributed by atoms with Crippen molar-refractivity contribution < 1.29 is 23.8 Å². The summed E-state index contributed by atoms with van der Waals surface area (Å²) in [5.41, 5.74) is -0.133. The number of benzene rings is 1. The smallest absolute Gasteiger partial charge is 0.329 e. The summed E-state index contributed by atoms with van der Waals surface area (Å²) >= 11 is 0. The van der Waals surface area contributed by atoms with Crippen LogP contribution in [0.3, 0.4) is 0 Å². The number of carboxylic acids is 1. The van der Waals surface area contributed by atoms with Crippen LogP contribution in [-0.4, -0.2) is 35.7 Å². The minimum absolute atomic E-state index is 0.148. The number of hydrogen-bond donors (Lipinski definition) is 1. The van der Waals surface area contributed by atoms with Crippen LogP contribution in [0.15, 0.2) is 18.2 Å². The maximum atomic E-state index is 13.3. The van der Waals surface area contributed by atoms with E-state index in [2.05, 4.69) is 0 Å². The minimum Gasteiger partial charge on any atom is -0.479 e. The number of rotatable bonds is 4. The molecule has 108 valence electrons. The molecule has 1 N–H and O–H groups in total. The van der Waals surface area contributed by atoms with Gasteiger partial charge in [0.15, 0.2) is 0 Å². The second-order valence-corrected chi connectivity index (χ2v) is 4.92. The highest BCUT2D eigenvalue weighted by atomic mass is 19.1. The Labute approximate surface area is 116 Å². The molecule has 0 fully saturated rings. The Morgan fingerprint density at radius 3 is 2.80 bits per heavy atom. The number of anilines is 1. The molecule has 0 saturated heterocycles. The molecule has 1 atom stereocenters. The third kappa shape index (κ3) is 2.33. The van der Waals surface area contributed by atoms with Crippen LogP contribution in [0.4, 0.5) is 10.1 Å². The van der Waals surface area contributed by atoms with Gasteiger partial charge in [0.1, 0.15) is 17.9 Å². The third-order valence-corrected chi connectivity index (χ3v) is 3.52. The fraction of sp³-hybridized carbons (Fsp3) is 0.429. The van der Waals surface area contributed by atoms with Crippen molar-refractivity contribution in [3.63, 3.8) is 0 Å². The standard InChI is InChI=1S/C14H16FNO4/c1-3-20-12(17)8-16-11-5-4-10(15)6-9(11)7-14(16,2)13(18)19/h4-6H,3,7-8H2,1-2H3,(H,18,19). The zero-order valence-corrected chi connectivity index (χ0v) is 11.4. The Kier molecular flexibility index (Phi) is 3.65. The molecule has 5 nitrogen and oxygen atoms in total. The highest BCUT2D eigenvalue weighted by molar-refractivity contribution is 5.90. The molecular formula is C14H16FNO4. The zero-order valence-electron chi connectivity index (χ0n) is 11.4. The van der Waals surface area contributed by atoms with Crippen molar-refractivity contribution in [2.24, 2.45) is 0 Å². The second kappa shape index (κ2) is 5.11. The Morgan fingerprint density at radius 2 is 2.20 bits per heavy atom. The molecule has 1 unspecified atom stereocenters. The number of ether oxygens (including phenoxy) is 1. The number of carbonyl (C=O) groups excluding carboxylic acids is 1. The minimum atomic E-state index is -1.27. The number of hydrogen-bond acceptors (Lipinski definition) is 4. The van der Waals surface area contributed by atoms with Gasteiger partial charge in [-0.25, -0.2) is 9.18 Å². The molecule has 1 aromatic rings. The fourth-order valence-corrected chi connectivity index (χ4v) is 2.48. The average Bonchev–Trinajstić information content (AvgIpc) is 2.63. The van der Waals surface area contributed by atoms with E-state index in [9.17, 15) is 19.1 Å². The molecule has 0 aromatic heterocycles. The summed E-state index contributed by atoms with van der Waals surface area (Å²) in [5, 5.41) is 9.44. The summed E-state index contributed by atoms with van der Waals surface area (Å²) in [4.78, 5) is 24.7. The number of carboxylic acid groups (broad SMARTS) is 1. The lowest BCUT2D eigenvalue weighted by Gasteiger charge is -2.32. The SMILES string of the molecule is CCOC(=O)CN1c2ccc(F)cc2CC1(C)C(=O)O. The Morgan fingerprint density at radius 1 is 1.50 bits per heavy atom. The molecule has 1 aromatic carbocycles. The molecule has 1 aliphatic heterocycles. The van der Waals surface area contributed by atoms with Gasteiger partial charge in [0.05, 0.1) is 6.61 Å². The van der Waals surface area contributed by atoms with E-state index in [0.29, 0.717) is 11.3 Å². The van der Waals surface area contributed by atoms with Crippen molar-refractivity contribution in [1.82, 2.24) is 0 Å². The summed E-state index contributed by atoms with van der Waals surface area (Å²) in [6.45, 7) is 3.26. The monoisotopic (exact) mass is 281 g/mol. The first-order chi connectivity index (χ1) is 9.38. The summed E-state index contributed by atoms with van der Waals surface area (Å²) < 4.78 is 18.1. The summed E-state index contributed by atoms with van der Waals surface area (Å²) in [6.07, 6.45) is 0.148. The molecule has 20 heavy (non-hydrogen) atoms. The van der Waals surface area contributed by atoms with Gasteiger partial charge in [-0.2, -0.15) is 0 Å². The average molecular weight is 281 g/mol. The number of fused-ring (bicyclic) bond motifs is 1. The summed E-state index contributed by atoms with van der Waals surface area (Å²) in [6, 6.07) is 4.06. The van der Waals surface area contributed by atoms with Crippen LogP contribution in [0.25, 0.3) is 0 Å². The molecule has 0 bridgehead atoms. The van der Waals surface area contributed by atoms with Crippen LogP contribution in [0, 0.1) is 5.82 Å². The Bertz CT molecular complexity index is 560. The highest BCUT2D eigenvalue weighted by Gasteiger charge is 2.47. The molecule has 1 heterocycles. The number of carbonyl (C=O) groups is 2. The summed E-state index contributed by atoms with van der Waals surface area (Å²) in [7, 11) is 0. The number of nitrogens with zero attached hydrogens (tertiary/aromatic N) is 1. The number of halogens is 1. The van der Waals surface area contributed by atoms with E-state index in [-0.39, 0.29) is 19.6 Å². The van der Waals surface area contributed by atoms with Gasteiger partial charge in [-0.3, -0.25) is 4.79 Å². The lowest BCUT2D eigenvalue weighted by Crippen LogP contribution is -2.52. The van der Waals surface area contributed by atoms with Crippen molar-refractivity contribution in [1.29, 1.82) is 0 Å². The van der Waals surface area contributed by atoms with E-state index < -0.39 is 23.3 Å². The molecule has 0 spiro atoms. The predicted molar refractivity (Wildman–Crippen MR) is 70.1 cm³/mol. The molecule has 0 saturated carbocycles. The van der Waals surface area contributed by atoms with Crippen LogP contribution in [0.5, 0.6) is 0 Å². The normalized spacial score (nSPS) is 20.6. The van der Waals surface area contributed by atoms with Crippen LogP contribution in [0.2, 0.25) is 0 Å². The number of esters is 1. The van der Waals surface area contributed by atoms with E-state index in [1.165, 1.54) is 30.0 Å². The molecule has 0 aliphatic carbocycles. The Balaban J connectivity index is 2.38. The first-order valence-electron chi connectivity index (χ1n) is 6.33. The van der Waals surface area contributed by atoms with Gasteiger partial charge in [-0.15, -0.1) is 0 Å². The van der Waals surface area contributed by atoms with Crippen molar-refractivity contribution in [2.75, 3.05) is 18.1 Å². The first-order valence-corrected chi connectivity index (χ1v) is 6.33. The van der Waals surface area contributed by atoms with Crippen molar-refractivity contribution >= 4 is 17.6 Å². The lowest BCUT2D eigenvalue weighted by atomic mass is 9.97. The topological polar surface area (TPSA) is 66.8 Å². The molecule has 0 amide bonds. The van der Waals surface area contributed by atoms with E-state index >= 15 is 0 Å². The van der Waals surface area contributed by atoms with Gasteiger partial charge >= 0.3 is 11.9 Å². The maximum Gasteiger partial charge on any atom is 0.329 e. The molecule has 6 heteroatoms. The number of aliphatic carboxylic acids is 1. The van der Waals surface area contributed by atoms with Gasteiger partial charge in [0, 0.05) is 12.1 Å². The molecular weight excluding hydrogens is 265 g/mol. The van der Waals surface area contributed by atoms with E-state index in [1.54, 1.807) is 6.92 Å². The van der Waals surface area contributed by atoms with Gasteiger partial charge in [-0.1, -0.05) is 0 Å².